The maximum Gasteiger partial charge on any atom is 0.332 e. The highest BCUT2D eigenvalue weighted by atomic mass is 16.4. The minimum absolute atomic E-state index is 0.172. The van der Waals surface area contributed by atoms with Crippen LogP contribution >= 0.6 is 0 Å². The Balaban J connectivity index is 4.43. The van der Waals surface area contributed by atoms with Crippen LogP contribution in [-0.2, 0) is 4.79 Å². The van der Waals surface area contributed by atoms with E-state index in [2.05, 4.69) is 0 Å². The van der Waals surface area contributed by atoms with E-state index in [1.807, 2.05) is 13.0 Å². The van der Waals surface area contributed by atoms with Gasteiger partial charge >= 0.3 is 5.97 Å². The number of carbonyl (C=O) groups is 1. The molecular formula is C9H13NO2. The van der Waals surface area contributed by atoms with Crippen LogP contribution in [0.15, 0.2) is 11.1 Å². The fourth-order valence-electron chi connectivity index (χ4n) is 0.810. The van der Waals surface area contributed by atoms with Crippen molar-refractivity contribution in [3.8, 4) is 6.07 Å². The van der Waals surface area contributed by atoms with Crippen molar-refractivity contribution in [2.24, 2.45) is 0 Å². The summed E-state index contributed by atoms with van der Waals surface area (Å²) in [6.07, 6.45) is 2.41. The fraction of sp³-hybridized carbons (Fsp3) is 0.556. The molecule has 0 aromatic rings. The number of aliphatic carboxylic acids is 1. The molecule has 0 spiro atoms. The average Bonchev–Trinajstić information content (AvgIpc) is 2.05. The van der Waals surface area contributed by atoms with Crippen molar-refractivity contribution < 1.29 is 9.90 Å². The molecule has 0 radical (unpaired) electrons. The summed E-state index contributed by atoms with van der Waals surface area (Å²) in [4.78, 5) is 10.5. The number of hydrogen-bond acceptors (Lipinski definition) is 2. The highest BCUT2D eigenvalue weighted by molar-refractivity contribution is 5.87. The Morgan fingerprint density at radius 2 is 2.17 bits per heavy atom. The van der Waals surface area contributed by atoms with E-state index in [-0.39, 0.29) is 5.57 Å². The summed E-state index contributed by atoms with van der Waals surface area (Å²) >= 11 is 0. The molecule has 0 fully saturated rings. The Kier molecular flexibility index (Phi) is 4.78. The summed E-state index contributed by atoms with van der Waals surface area (Å²) in [6, 6.07) is 1.92. The van der Waals surface area contributed by atoms with Crippen molar-refractivity contribution in [3.63, 3.8) is 0 Å². The van der Waals surface area contributed by atoms with Crippen molar-refractivity contribution in [2.45, 2.75) is 33.1 Å². The Labute approximate surface area is 72.3 Å². The maximum absolute atomic E-state index is 10.5. The molecule has 0 aliphatic carbocycles. The van der Waals surface area contributed by atoms with Gasteiger partial charge in [-0.25, -0.2) is 4.79 Å². The van der Waals surface area contributed by atoms with Gasteiger partial charge < -0.3 is 5.11 Å². The summed E-state index contributed by atoms with van der Waals surface area (Å²) in [5.74, 6) is -0.998. The topological polar surface area (TPSA) is 61.1 Å². The number of nitrogens with zero attached hydrogens (tertiary/aromatic N) is 1. The molecule has 0 saturated carbocycles. The molecule has 3 heteroatoms. The van der Waals surface area contributed by atoms with Gasteiger partial charge in [-0.2, -0.15) is 5.26 Å². The lowest BCUT2D eigenvalue weighted by Crippen LogP contribution is -2.00. The third-order valence-corrected chi connectivity index (χ3v) is 1.69. The molecule has 0 saturated heterocycles. The van der Waals surface area contributed by atoms with Crippen LogP contribution in [0.4, 0.5) is 0 Å². The van der Waals surface area contributed by atoms with Crippen molar-refractivity contribution >= 4 is 5.97 Å². The van der Waals surface area contributed by atoms with Gasteiger partial charge in [0.25, 0.3) is 0 Å². The monoisotopic (exact) mass is 167 g/mol. The lowest BCUT2D eigenvalue weighted by molar-refractivity contribution is -0.132. The molecule has 0 aliphatic heterocycles. The van der Waals surface area contributed by atoms with Crippen LogP contribution in [0, 0.1) is 11.3 Å². The van der Waals surface area contributed by atoms with Gasteiger partial charge in [0.15, 0.2) is 0 Å². The first-order valence-corrected chi connectivity index (χ1v) is 3.96. The van der Waals surface area contributed by atoms with Gasteiger partial charge in [0, 0.05) is 11.1 Å². The molecule has 3 nitrogen and oxygen atoms in total. The van der Waals surface area contributed by atoms with E-state index < -0.39 is 5.97 Å². The first kappa shape index (κ1) is 10.7. The predicted molar refractivity (Wildman–Crippen MR) is 45.5 cm³/mol. The van der Waals surface area contributed by atoms with Crippen molar-refractivity contribution in [3.05, 3.63) is 11.1 Å². The van der Waals surface area contributed by atoms with Crippen molar-refractivity contribution in [1.29, 1.82) is 5.26 Å². The lowest BCUT2D eigenvalue weighted by Gasteiger charge is -1.99. The molecule has 0 atom stereocenters. The van der Waals surface area contributed by atoms with Gasteiger partial charge in [-0.3, -0.25) is 0 Å². The molecule has 0 bridgehead atoms. The molecule has 0 aromatic carbocycles. The number of unbranched alkanes of at least 4 members (excludes halogenated alkanes) is 1. The third-order valence-electron chi connectivity index (χ3n) is 1.69. The smallest absolute Gasteiger partial charge is 0.332 e. The maximum atomic E-state index is 10.5. The molecule has 12 heavy (non-hydrogen) atoms. The summed E-state index contributed by atoms with van der Waals surface area (Å²) in [7, 11) is 0. The summed E-state index contributed by atoms with van der Waals surface area (Å²) in [5, 5.41) is 17.2. The first-order valence-electron chi connectivity index (χ1n) is 3.96. The Morgan fingerprint density at radius 3 is 2.50 bits per heavy atom. The van der Waals surface area contributed by atoms with Crippen LogP contribution in [0.1, 0.15) is 33.1 Å². The first-order chi connectivity index (χ1) is 5.63. The van der Waals surface area contributed by atoms with Gasteiger partial charge in [-0.1, -0.05) is 13.3 Å². The van der Waals surface area contributed by atoms with E-state index in [4.69, 9.17) is 10.4 Å². The minimum Gasteiger partial charge on any atom is -0.478 e. The number of carboxylic acid groups (broad SMARTS) is 1. The van der Waals surface area contributed by atoms with E-state index in [1.54, 1.807) is 0 Å². The van der Waals surface area contributed by atoms with Gasteiger partial charge in [0.2, 0.25) is 0 Å². The number of nitriles is 1. The van der Waals surface area contributed by atoms with Gasteiger partial charge in [0.05, 0.1) is 6.07 Å². The summed E-state index contributed by atoms with van der Waals surface area (Å²) in [5.41, 5.74) is 0.565. The zero-order valence-corrected chi connectivity index (χ0v) is 7.42. The van der Waals surface area contributed by atoms with E-state index in [0.717, 1.165) is 12.8 Å². The third kappa shape index (κ3) is 3.20. The van der Waals surface area contributed by atoms with Crippen LogP contribution in [0.2, 0.25) is 0 Å². The van der Waals surface area contributed by atoms with E-state index in [9.17, 15) is 4.79 Å². The van der Waals surface area contributed by atoms with Gasteiger partial charge in [-0.15, -0.1) is 0 Å². The quantitative estimate of drug-likeness (QED) is 0.515. The van der Waals surface area contributed by atoms with Crippen LogP contribution < -0.4 is 0 Å². The Hall–Kier alpha value is -1.30. The fourth-order valence-corrected chi connectivity index (χ4v) is 0.810. The normalized spacial score (nSPS) is 11.8. The second kappa shape index (κ2) is 5.36. The molecule has 0 unspecified atom stereocenters. The van der Waals surface area contributed by atoms with Crippen LogP contribution in [0.25, 0.3) is 0 Å². The van der Waals surface area contributed by atoms with E-state index >= 15 is 0 Å². The molecule has 1 N–H and O–H groups in total. The van der Waals surface area contributed by atoms with Gasteiger partial charge in [0.1, 0.15) is 0 Å². The number of allylic oxidation sites excluding steroid dienone is 1. The van der Waals surface area contributed by atoms with Crippen molar-refractivity contribution in [2.75, 3.05) is 0 Å². The largest absolute Gasteiger partial charge is 0.478 e. The number of hydrogen-bond donors (Lipinski definition) is 1. The van der Waals surface area contributed by atoms with Crippen LogP contribution in [-0.4, -0.2) is 11.1 Å². The molecule has 0 amide bonds. The number of rotatable bonds is 4. The zero-order chi connectivity index (χ0) is 9.56. The van der Waals surface area contributed by atoms with Crippen LogP contribution in [0.3, 0.4) is 0 Å². The number of carboxylic acids is 1. The molecular weight excluding hydrogens is 154 g/mol. The zero-order valence-electron chi connectivity index (χ0n) is 7.42. The average molecular weight is 167 g/mol. The van der Waals surface area contributed by atoms with Gasteiger partial charge in [-0.05, 0) is 19.8 Å². The lowest BCUT2D eigenvalue weighted by atomic mass is 10.1. The Bertz CT molecular complexity index is 235. The summed E-state index contributed by atoms with van der Waals surface area (Å²) < 4.78 is 0. The molecule has 0 rings (SSSR count). The van der Waals surface area contributed by atoms with E-state index in [1.165, 1.54) is 6.92 Å². The second-order valence-corrected chi connectivity index (χ2v) is 2.62. The molecule has 0 heterocycles. The molecule has 66 valence electrons. The van der Waals surface area contributed by atoms with Crippen LogP contribution in [0.5, 0.6) is 0 Å². The highest BCUT2D eigenvalue weighted by Crippen LogP contribution is 2.11. The molecule has 0 aromatic heterocycles. The molecule has 0 aliphatic rings. The minimum atomic E-state index is -0.998. The van der Waals surface area contributed by atoms with E-state index in [0.29, 0.717) is 12.0 Å². The Morgan fingerprint density at radius 1 is 1.58 bits per heavy atom. The predicted octanol–water partition coefficient (Wildman–Crippen LogP) is 2.10. The highest BCUT2D eigenvalue weighted by Gasteiger charge is 2.07. The SMILES string of the molecule is CCCC/C(C#N)=C(/C)C(=O)O. The van der Waals surface area contributed by atoms with Crippen molar-refractivity contribution in [1.82, 2.24) is 0 Å². The second-order valence-electron chi connectivity index (χ2n) is 2.62. The summed E-state index contributed by atoms with van der Waals surface area (Å²) in [6.45, 7) is 3.47. The standard InChI is InChI=1S/C9H13NO2/c1-3-4-5-8(6-10)7(2)9(11)12/h3-5H2,1-2H3,(H,11,12)/b8-7+.